The monoisotopic (exact) mass is 622 g/mol. The van der Waals surface area contributed by atoms with Crippen molar-refractivity contribution in [1.82, 2.24) is 9.88 Å². The summed E-state index contributed by atoms with van der Waals surface area (Å²) < 4.78 is 34.4. The van der Waals surface area contributed by atoms with Crippen molar-refractivity contribution in [3.8, 4) is 11.1 Å². The Morgan fingerprint density at radius 1 is 1.07 bits per heavy atom. The van der Waals surface area contributed by atoms with E-state index in [2.05, 4.69) is 15.6 Å². The molecule has 3 atom stereocenters. The van der Waals surface area contributed by atoms with Crippen LogP contribution < -0.4 is 10.6 Å². The van der Waals surface area contributed by atoms with Crippen LogP contribution in [0.15, 0.2) is 54.7 Å². The zero-order valence-electron chi connectivity index (χ0n) is 24.6. The third-order valence-electron chi connectivity index (χ3n) is 8.23. The SMILES string of the molecule is COC(=O)Nc1ccc2c(c1)NC(=O)[C@H](C)CCCC[C@H](N1CC(C)C(c3c(F)ccc(Cl)c3F)=CC1=O)c1cc-2ccn1. The molecule has 0 saturated carbocycles. The highest BCUT2D eigenvalue weighted by Crippen LogP contribution is 2.39. The summed E-state index contributed by atoms with van der Waals surface area (Å²) in [5.74, 6) is -2.85. The van der Waals surface area contributed by atoms with Crippen molar-refractivity contribution in [2.75, 3.05) is 24.3 Å². The van der Waals surface area contributed by atoms with E-state index in [1.54, 1.807) is 29.3 Å². The van der Waals surface area contributed by atoms with Gasteiger partial charge in [-0.25, -0.2) is 13.6 Å². The molecule has 0 fully saturated rings. The summed E-state index contributed by atoms with van der Waals surface area (Å²) in [5, 5.41) is 5.43. The van der Waals surface area contributed by atoms with Gasteiger partial charge in [-0.2, -0.15) is 0 Å². The fourth-order valence-corrected chi connectivity index (χ4v) is 5.97. The highest BCUT2D eigenvalue weighted by molar-refractivity contribution is 6.31. The average Bonchev–Trinajstić information content (AvgIpc) is 3.01. The summed E-state index contributed by atoms with van der Waals surface area (Å²) in [6.07, 6.45) is 4.98. The molecule has 11 heteroatoms. The van der Waals surface area contributed by atoms with Gasteiger partial charge in [0.2, 0.25) is 11.8 Å². The molecule has 1 aromatic heterocycles. The van der Waals surface area contributed by atoms with Gasteiger partial charge in [-0.05, 0) is 66.3 Å². The van der Waals surface area contributed by atoms with Crippen LogP contribution in [0.4, 0.5) is 25.0 Å². The Bertz CT molecular complexity index is 1650. The van der Waals surface area contributed by atoms with E-state index in [0.29, 0.717) is 35.5 Å². The molecule has 0 spiro atoms. The van der Waals surface area contributed by atoms with Gasteiger partial charge in [-0.1, -0.05) is 44.4 Å². The van der Waals surface area contributed by atoms with Crippen molar-refractivity contribution in [2.24, 2.45) is 11.8 Å². The summed E-state index contributed by atoms with van der Waals surface area (Å²) in [4.78, 5) is 45.0. The number of carbonyl (C=O) groups excluding carboxylic acids is 3. The van der Waals surface area contributed by atoms with Crippen LogP contribution in [0.25, 0.3) is 16.7 Å². The van der Waals surface area contributed by atoms with Crippen LogP contribution >= 0.6 is 11.6 Å². The van der Waals surface area contributed by atoms with Crippen molar-refractivity contribution in [1.29, 1.82) is 0 Å². The highest BCUT2D eigenvalue weighted by atomic mass is 35.5. The van der Waals surface area contributed by atoms with Crippen LogP contribution in [0.3, 0.4) is 0 Å². The second-order valence-electron chi connectivity index (χ2n) is 11.2. The largest absolute Gasteiger partial charge is 0.453 e. The Morgan fingerprint density at radius 2 is 1.84 bits per heavy atom. The molecule has 2 N–H and O–H groups in total. The number of rotatable bonds is 3. The van der Waals surface area contributed by atoms with E-state index in [-0.39, 0.29) is 46.4 Å². The Hall–Kier alpha value is -4.31. The second kappa shape index (κ2) is 13.1. The van der Waals surface area contributed by atoms with Gasteiger partial charge in [-0.15, -0.1) is 0 Å². The third-order valence-corrected chi connectivity index (χ3v) is 8.52. The maximum atomic E-state index is 14.9. The third kappa shape index (κ3) is 6.45. The lowest BCUT2D eigenvalue weighted by atomic mass is 9.87. The number of ether oxygens (including phenoxy) is 1. The van der Waals surface area contributed by atoms with Crippen LogP contribution in [-0.4, -0.2) is 41.4 Å². The first kappa shape index (κ1) is 31.1. The van der Waals surface area contributed by atoms with Crippen molar-refractivity contribution < 1.29 is 27.9 Å². The maximum absolute atomic E-state index is 14.9. The fourth-order valence-electron chi connectivity index (χ4n) is 5.82. The molecule has 3 heterocycles. The molecule has 0 aliphatic carbocycles. The van der Waals surface area contributed by atoms with E-state index in [1.807, 2.05) is 26.0 Å². The molecule has 2 aromatic carbocycles. The van der Waals surface area contributed by atoms with Crippen LogP contribution in [0.5, 0.6) is 0 Å². The number of fused-ring (bicyclic) bond motifs is 4. The van der Waals surface area contributed by atoms with Crippen LogP contribution in [0.1, 0.15) is 56.8 Å². The number of halogens is 3. The van der Waals surface area contributed by atoms with Crippen molar-refractivity contribution in [3.63, 3.8) is 0 Å². The molecule has 230 valence electrons. The lowest BCUT2D eigenvalue weighted by Crippen LogP contribution is -2.41. The topological polar surface area (TPSA) is 101 Å². The van der Waals surface area contributed by atoms with Gasteiger partial charge >= 0.3 is 6.09 Å². The number of hydrogen-bond donors (Lipinski definition) is 2. The number of anilines is 2. The summed E-state index contributed by atoms with van der Waals surface area (Å²) >= 11 is 5.95. The Morgan fingerprint density at radius 3 is 2.61 bits per heavy atom. The molecule has 0 saturated heterocycles. The van der Waals surface area contributed by atoms with Gasteiger partial charge in [0.1, 0.15) is 5.82 Å². The minimum absolute atomic E-state index is 0.148. The molecule has 1 unspecified atom stereocenters. The summed E-state index contributed by atoms with van der Waals surface area (Å²) in [7, 11) is 1.27. The highest BCUT2D eigenvalue weighted by Gasteiger charge is 2.34. The van der Waals surface area contributed by atoms with E-state index >= 15 is 0 Å². The lowest BCUT2D eigenvalue weighted by molar-refractivity contribution is -0.129. The number of methoxy groups -OCH3 is 1. The molecule has 2 aliphatic rings. The van der Waals surface area contributed by atoms with E-state index < -0.39 is 23.8 Å². The number of carbonyl (C=O) groups is 3. The Labute approximate surface area is 259 Å². The van der Waals surface area contributed by atoms with Gasteiger partial charge in [0, 0.05) is 36.0 Å². The van der Waals surface area contributed by atoms with Crippen molar-refractivity contribution in [3.05, 3.63) is 82.7 Å². The van der Waals surface area contributed by atoms with Gasteiger partial charge in [-0.3, -0.25) is 19.9 Å². The minimum atomic E-state index is -0.886. The number of benzene rings is 2. The summed E-state index contributed by atoms with van der Waals surface area (Å²) in [6.45, 7) is 3.91. The van der Waals surface area contributed by atoms with Crippen LogP contribution in [0.2, 0.25) is 5.02 Å². The van der Waals surface area contributed by atoms with E-state index in [1.165, 1.54) is 13.2 Å². The predicted octanol–water partition coefficient (Wildman–Crippen LogP) is 7.61. The molecule has 0 radical (unpaired) electrons. The molecular formula is C33H33ClF2N4O4. The smallest absolute Gasteiger partial charge is 0.411 e. The number of amides is 3. The van der Waals surface area contributed by atoms with E-state index in [4.69, 9.17) is 16.3 Å². The molecule has 5 rings (SSSR count). The number of aromatic nitrogens is 1. The number of hydrogen-bond acceptors (Lipinski definition) is 5. The molecule has 8 nitrogen and oxygen atoms in total. The molecule has 3 aromatic rings. The molecular weight excluding hydrogens is 590 g/mol. The molecule has 2 bridgehead atoms. The van der Waals surface area contributed by atoms with E-state index in [0.717, 1.165) is 30.5 Å². The second-order valence-corrected chi connectivity index (χ2v) is 11.7. The van der Waals surface area contributed by atoms with Gasteiger partial charge in [0.15, 0.2) is 5.82 Å². The van der Waals surface area contributed by atoms with Gasteiger partial charge in [0.25, 0.3) is 0 Å². The van der Waals surface area contributed by atoms with Crippen molar-refractivity contribution >= 4 is 46.5 Å². The van der Waals surface area contributed by atoms with Crippen molar-refractivity contribution in [2.45, 2.75) is 45.6 Å². The summed E-state index contributed by atoms with van der Waals surface area (Å²) in [6, 6.07) is 10.7. The van der Waals surface area contributed by atoms with Crippen LogP contribution in [0, 0.1) is 23.5 Å². The number of pyridine rings is 1. The first-order valence-electron chi connectivity index (χ1n) is 14.5. The normalized spacial score (nSPS) is 20.7. The molecule has 2 aliphatic heterocycles. The standard InChI is InChI=1S/C33H33ClF2N4O4/c1-18-6-4-5-7-28(40-17-19(2)23(16-29(40)41)30-25(35)11-10-24(34)31(30)36)27-14-20(12-13-37-27)22-9-8-21(38-33(43)44-3)15-26(22)39-32(18)42/h8-16,18-19,28H,4-7,17H2,1-3H3,(H,38,43)(H,39,42)/t18-,19?,28+/m1/s1. The average molecular weight is 623 g/mol. The summed E-state index contributed by atoms with van der Waals surface area (Å²) in [5.41, 5.74) is 3.04. The zero-order valence-corrected chi connectivity index (χ0v) is 25.4. The Balaban J connectivity index is 1.54. The van der Waals surface area contributed by atoms with Crippen LogP contribution in [-0.2, 0) is 14.3 Å². The Kier molecular flexibility index (Phi) is 9.29. The minimum Gasteiger partial charge on any atom is -0.453 e. The quantitative estimate of drug-likeness (QED) is 0.293. The molecule has 44 heavy (non-hydrogen) atoms. The van der Waals surface area contributed by atoms with Gasteiger partial charge < -0.3 is 15.0 Å². The molecule has 3 amide bonds. The first-order valence-corrected chi connectivity index (χ1v) is 14.9. The zero-order chi connectivity index (χ0) is 31.5. The number of nitrogens with zero attached hydrogens (tertiary/aromatic N) is 2. The fraction of sp³-hybridized carbons (Fsp3) is 0.333. The number of nitrogens with one attached hydrogen (secondary N) is 2. The van der Waals surface area contributed by atoms with Gasteiger partial charge in [0.05, 0.1) is 35.1 Å². The predicted molar refractivity (Wildman–Crippen MR) is 165 cm³/mol. The lowest BCUT2D eigenvalue weighted by Gasteiger charge is -2.37. The van der Waals surface area contributed by atoms with E-state index in [9.17, 15) is 23.2 Å². The maximum Gasteiger partial charge on any atom is 0.411 e. The first-order chi connectivity index (χ1) is 21.1.